The molecule has 0 atom stereocenters. The average Bonchev–Trinajstić information content (AvgIpc) is 2.89. The quantitative estimate of drug-likeness (QED) is 0.705. The number of nitrogens with zero attached hydrogens (tertiary/aromatic N) is 4. The number of aromatic nitrogens is 4. The molecule has 0 radical (unpaired) electrons. The van der Waals surface area contributed by atoms with Gasteiger partial charge in [-0.25, -0.2) is 19.4 Å². The molecule has 2 heterocycles. The second kappa shape index (κ2) is 7.59. The maximum absolute atomic E-state index is 12.5. The van der Waals surface area contributed by atoms with Gasteiger partial charge >= 0.3 is 5.97 Å². The first-order valence-corrected chi connectivity index (χ1v) is 8.75. The summed E-state index contributed by atoms with van der Waals surface area (Å²) in [5.74, 6) is -0.741. The van der Waals surface area contributed by atoms with Crippen LogP contribution in [0.3, 0.4) is 0 Å². The van der Waals surface area contributed by atoms with Crippen LogP contribution in [0.25, 0.3) is 5.95 Å². The zero-order chi connectivity index (χ0) is 20.4. The van der Waals surface area contributed by atoms with Crippen LogP contribution in [0.15, 0.2) is 30.3 Å². The van der Waals surface area contributed by atoms with E-state index in [1.165, 1.54) is 12.1 Å². The van der Waals surface area contributed by atoms with Crippen molar-refractivity contribution in [3.63, 3.8) is 0 Å². The minimum Gasteiger partial charge on any atom is -0.478 e. The summed E-state index contributed by atoms with van der Waals surface area (Å²) < 4.78 is 1.65. The molecule has 3 aromatic rings. The summed E-state index contributed by atoms with van der Waals surface area (Å²) in [6.07, 6.45) is 0.142. The van der Waals surface area contributed by atoms with Gasteiger partial charge in [-0.3, -0.25) is 4.79 Å². The first-order chi connectivity index (χ1) is 13.2. The minimum absolute atomic E-state index is 0.142. The summed E-state index contributed by atoms with van der Waals surface area (Å²) in [5.41, 5.74) is 4.74. The molecule has 0 unspecified atom stereocenters. The molecule has 144 valence electrons. The summed E-state index contributed by atoms with van der Waals surface area (Å²) in [6.45, 7) is 7.52. The van der Waals surface area contributed by atoms with Gasteiger partial charge < -0.3 is 10.4 Å². The Morgan fingerprint density at radius 1 is 1.04 bits per heavy atom. The summed E-state index contributed by atoms with van der Waals surface area (Å²) in [7, 11) is 0. The number of aryl methyl sites for hydroxylation is 3. The molecule has 0 fully saturated rings. The fourth-order valence-electron chi connectivity index (χ4n) is 2.99. The van der Waals surface area contributed by atoms with Gasteiger partial charge in [-0.05, 0) is 58.0 Å². The van der Waals surface area contributed by atoms with E-state index in [-0.39, 0.29) is 17.9 Å². The number of hydrogen-bond acceptors (Lipinski definition) is 5. The molecular weight excluding hydrogens is 358 g/mol. The molecule has 8 nitrogen and oxygen atoms in total. The maximum atomic E-state index is 12.5. The normalized spacial score (nSPS) is 10.7. The number of hydrogen-bond donors (Lipinski definition) is 2. The number of carbonyl (C=O) groups excluding carboxylic acids is 1. The lowest BCUT2D eigenvalue weighted by atomic mass is 10.1. The van der Waals surface area contributed by atoms with Crippen LogP contribution in [0.4, 0.5) is 5.69 Å². The highest BCUT2D eigenvalue weighted by Crippen LogP contribution is 2.18. The fourth-order valence-corrected chi connectivity index (χ4v) is 2.99. The van der Waals surface area contributed by atoms with Crippen molar-refractivity contribution in [2.45, 2.75) is 34.1 Å². The Balaban J connectivity index is 1.79. The number of carbonyl (C=O) groups is 2. The highest BCUT2D eigenvalue weighted by molar-refractivity contribution is 5.93. The van der Waals surface area contributed by atoms with E-state index in [0.29, 0.717) is 11.6 Å². The molecule has 2 aromatic heterocycles. The zero-order valence-corrected chi connectivity index (χ0v) is 16.1. The van der Waals surface area contributed by atoms with Crippen molar-refractivity contribution in [1.29, 1.82) is 0 Å². The minimum atomic E-state index is -1.01. The van der Waals surface area contributed by atoms with Gasteiger partial charge in [0.15, 0.2) is 0 Å². The number of anilines is 1. The summed E-state index contributed by atoms with van der Waals surface area (Å²) >= 11 is 0. The Bertz CT molecular complexity index is 1030. The third kappa shape index (κ3) is 4.06. The number of rotatable bonds is 5. The summed E-state index contributed by atoms with van der Waals surface area (Å²) in [6, 6.07) is 7.91. The molecule has 0 aliphatic carbocycles. The number of benzene rings is 1. The molecule has 1 aromatic carbocycles. The molecule has 0 aliphatic rings. The molecule has 0 saturated heterocycles. The second-order valence-corrected chi connectivity index (χ2v) is 6.62. The molecule has 28 heavy (non-hydrogen) atoms. The van der Waals surface area contributed by atoms with Gasteiger partial charge in [0.25, 0.3) is 5.95 Å². The van der Waals surface area contributed by atoms with Gasteiger partial charge in [0.2, 0.25) is 5.91 Å². The van der Waals surface area contributed by atoms with Crippen molar-refractivity contribution in [1.82, 2.24) is 19.7 Å². The van der Waals surface area contributed by atoms with E-state index in [1.807, 2.05) is 33.8 Å². The highest BCUT2D eigenvalue weighted by Gasteiger charge is 2.18. The smallest absolute Gasteiger partial charge is 0.335 e. The Kier molecular flexibility index (Phi) is 5.21. The van der Waals surface area contributed by atoms with E-state index in [4.69, 9.17) is 5.11 Å². The first kappa shape index (κ1) is 19.2. The molecule has 0 bridgehead atoms. The zero-order valence-electron chi connectivity index (χ0n) is 16.1. The van der Waals surface area contributed by atoms with Crippen molar-refractivity contribution < 1.29 is 14.7 Å². The van der Waals surface area contributed by atoms with Gasteiger partial charge in [0.05, 0.1) is 17.7 Å². The van der Waals surface area contributed by atoms with E-state index in [9.17, 15) is 9.59 Å². The number of carboxylic acids is 1. The lowest BCUT2D eigenvalue weighted by molar-refractivity contribution is -0.115. The number of carboxylic acid groups (broad SMARTS) is 1. The van der Waals surface area contributed by atoms with Crippen LogP contribution in [-0.4, -0.2) is 36.7 Å². The molecule has 3 rings (SSSR count). The van der Waals surface area contributed by atoms with Gasteiger partial charge in [-0.15, -0.1) is 0 Å². The first-order valence-electron chi connectivity index (χ1n) is 8.75. The van der Waals surface area contributed by atoms with Crippen LogP contribution in [0, 0.1) is 27.7 Å². The average molecular weight is 379 g/mol. The van der Waals surface area contributed by atoms with Gasteiger partial charge in [-0.1, -0.05) is 0 Å². The number of amides is 1. The molecule has 0 aliphatic heterocycles. The molecule has 8 heteroatoms. The molecule has 0 saturated carbocycles. The van der Waals surface area contributed by atoms with Gasteiger partial charge in [0.1, 0.15) is 0 Å². The van der Waals surface area contributed by atoms with Crippen molar-refractivity contribution in [2.24, 2.45) is 0 Å². The maximum Gasteiger partial charge on any atom is 0.335 e. The Labute approximate surface area is 162 Å². The third-order valence-corrected chi connectivity index (χ3v) is 4.35. The predicted molar refractivity (Wildman–Crippen MR) is 104 cm³/mol. The van der Waals surface area contributed by atoms with Crippen LogP contribution in [0.1, 0.15) is 38.7 Å². The lowest BCUT2D eigenvalue weighted by Gasteiger charge is -2.07. The van der Waals surface area contributed by atoms with Crippen LogP contribution in [-0.2, 0) is 11.2 Å². The fraction of sp³-hybridized carbons (Fsp3) is 0.250. The Morgan fingerprint density at radius 3 is 2.21 bits per heavy atom. The topological polar surface area (TPSA) is 110 Å². The third-order valence-electron chi connectivity index (χ3n) is 4.35. The van der Waals surface area contributed by atoms with Crippen molar-refractivity contribution in [3.05, 3.63) is 64.2 Å². The van der Waals surface area contributed by atoms with E-state index in [1.54, 1.807) is 16.8 Å². The van der Waals surface area contributed by atoms with Crippen molar-refractivity contribution >= 4 is 17.6 Å². The summed E-state index contributed by atoms with van der Waals surface area (Å²) in [5, 5.41) is 16.2. The van der Waals surface area contributed by atoms with E-state index in [2.05, 4.69) is 20.4 Å². The Hall–Kier alpha value is -3.55. The number of aromatic carboxylic acids is 1. The van der Waals surface area contributed by atoms with E-state index < -0.39 is 5.97 Å². The van der Waals surface area contributed by atoms with Crippen molar-refractivity contribution in [3.8, 4) is 5.95 Å². The SMILES string of the molecule is Cc1cc(C)nc(-n2nc(C)c(CC(=O)Nc3ccc(C(=O)O)cc3)c2C)n1. The predicted octanol–water partition coefficient (Wildman–Crippen LogP) is 2.78. The Morgan fingerprint density at radius 2 is 1.64 bits per heavy atom. The van der Waals surface area contributed by atoms with Gasteiger partial charge in [0, 0.05) is 28.3 Å². The van der Waals surface area contributed by atoms with Gasteiger partial charge in [-0.2, -0.15) is 5.10 Å². The highest BCUT2D eigenvalue weighted by atomic mass is 16.4. The molecule has 0 spiro atoms. The summed E-state index contributed by atoms with van der Waals surface area (Å²) in [4.78, 5) is 32.2. The molecular formula is C20H21N5O3. The largest absolute Gasteiger partial charge is 0.478 e. The molecule has 2 N–H and O–H groups in total. The van der Waals surface area contributed by atoms with Crippen molar-refractivity contribution in [2.75, 3.05) is 5.32 Å². The van der Waals surface area contributed by atoms with E-state index >= 15 is 0 Å². The monoisotopic (exact) mass is 379 g/mol. The molecule has 1 amide bonds. The standard InChI is InChI=1S/C20H21N5O3/c1-11-9-12(2)22-20(21-11)25-14(4)17(13(3)24-25)10-18(26)23-16-7-5-15(6-8-16)19(27)28/h5-9H,10H2,1-4H3,(H,23,26)(H,27,28). The lowest BCUT2D eigenvalue weighted by Crippen LogP contribution is -2.15. The second-order valence-electron chi connectivity index (χ2n) is 6.62. The van der Waals surface area contributed by atoms with Crippen LogP contribution >= 0.6 is 0 Å². The number of nitrogens with one attached hydrogen (secondary N) is 1. The van der Waals surface area contributed by atoms with E-state index in [0.717, 1.165) is 28.3 Å². The van der Waals surface area contributed by atoms with Crippen LogP contribution in [0.2, 0.25) is 0 Å². The van der Waals surface area contributed by atoms with Crippen LogP contribution in [0.5, 0.6) is 0 Å². The van der Waals surface area contributed by atoms with Crippen LogP contribution < -0.4 is 5.32 Å².